The van der Waals surface area contributed by atoms with Crippen LogP contribution in [0, 0.1) is 0 Å². The smallest absolute Gasteiger partial charge is 0.184 e. The zero-order valence-electron chi connectivity index (χ0n) is 26.6. The van der Waals surface area contributed by atoms with Crippen molar-refractivity contribution in [1.29, 1.82) is 0 Å². The van der Waals surface area contributed by atoms with Crippen molar-refractivity contribution in [3.63, 3.8) is 0 Å². The van der Waals surface area contributed by atoms with E-state index in [0.29, 0.717) is 18.1 Å². The van der Waals surface area contributed by atoms with Crippen LogP contribution in [0.5, 0.6) is 0 Å². The average molecular weight is 693 g/mol. The molecule has 7 rings (SSSR count). The van der Waals surface area contributed by atoms with E-state index >= 15 is 0 Å². The van der Waals surface area contributed by atoms with Crippen LogP contribution in [0.3, 0.4) is 0 Å². The minimum Gasteiger partial charge on any atom is -0.337 e. The highest BCUT2D eigenvalue weighted by Crippen LogP contribution is 2.43. The van der Waals surface area contributed by atoms with Crippen molar-refractivity contribution < 1.29 is 4.79 Å². The molecule has 7 aromatic rings. The number of carbonyl (C=O) groups is 1. The number of hydrogen-bond acceptors (Lipinski definition) is 4. The number of aldehydes is 1. The number of nitrogens with zero attached hydrogens (tertiary/aromatic N) is 5. The van der Waals surface area contributed by atoms with E-state index < -0.39 is 5.54 Å². The van der Waals surface area contributed by atoms with E-state index in [9.17, 15) is 4.79 Å². The van der Waals surface area contributed by atoms with Crippen LogP contribution in [-0.4, -0.2) is 31.1 Å². The minimum absolute atomic E-state index is 0.614. The standard InChI is InChI=1S/C41H34BrN5O/c1-2-14-39-38(42)27-35(29-48)46(39)28-30-23-25-31(26-24-30)36-21-12-13-22-37(36)40-43-44-45-47(40)41(32-15-6-3-7-16-32,33-17-8-4-9-18-33)34-19-10-5-11-20-34/h3-13,15-27,29H,2,14,28H2,1H3. The highest BCUT2D eigenvalue weighted by atomic mass is 79.9. The zero-order valence-corrected chi connectivity index (χ0v) is 28.2. The van der Waals surface area contributed by atoms with Gasteiger partial charge in [-0.2, -0.15) is 0 Å². The van der Waals surface area contributed by atoms with Crippen LogP contribution >= 0.6 is 15.9 Å². The lowest BCUT2D eigenvalue weighted by molar-refractivity contribution is 0.111. The van der Waals surface area contributed by atoms with Crippen molar-refractivity contribution in [1.82, 2.24) is 24.8 Å². The van der Waals surface area contributed by atoms with Gasteiger partial charge in [-0.3, -0.25) is 4.79 Å². The monoisotopic (exact) mass is 691 g/mol. The van der Waals surface area contributed by atoms with E-state index in [1.165, 1.54) is 0 Å². The Morgan fingerprint density at radius 1 is 0.708 bits per heavy atom. The highest BCUT2D eigenvalue weighted by Gasteiger charge is 2.42. The molecule has 0 radical (unpaired) electrons. The van der Waals surface area contributed by atoms with E-state index in [2.05, 4.69) is 142 Å². The third-order valence-electron chi connectivity index (χ3n) is 8.93. The Hall–Kier alpha value is -5.40. The maximum Gasteiger partial charge on any atom is 0.184 e. The highest BCUT2D eigenvalue weighted by molar-refractivity contribution is 9.10. The van der Waals surface area contributed by atoms with Crippen LogP contribution in [0.15, 0.2) is 150 Å². The molecule has 0 unspecified atom stereocenters. The van der Waals surface area contributed by atoms with Crippen molar-refractivity contribution in [2.24, 2.45) is 0 Å². The normalized spacial score (nSPS) is 11.5. The van der Waals surface area contributed by atoms with Gasteiger partial charge in [0.25, 0.3) is 0 Å². The Morgan fingerprint density at radius 3 is 1.79 bits per heavy atom. The fourth-order valence-electron chi connectivity index (χ4n) is 6.74. The molecule has 5 aromatic carbocycles. The van der Waals surface area contributed by atoms with Gasteiger partial charge in [-0.25, -0.2) is 4.68 Å². The van der Waals surface area contributed by atoms with Gasteiger partial charge in [-0.1, -0.05) is 153 Å². The molecule has 0 amide bonds. The van der Waals surface area contributed by atoms with Gasteiger partial charge in [0.2, 0.25) is 0 Å². The summed E-state index contributed by atoms with van der Waals surface area (Å²) in [7, 11) is 0. The summed E-state index contributed by atoms with van der Waals surface area (Å²) in [5.41, 5.74) is 8.21. The van der Waals surface area contributed by atoms with Crippen LogP contribution in [-0.2, 0) is 18.5 Å². The van der Waals surface area contributed by atoms with Crippen molar-refractivity contribution in [3.8, 4) is 22.5 Å². The number of hydrogen-bond donors (Lipinski definition) is 0. The average Bonchev–Trinajstić information content (AvgIpc) is 3.75. The van der Waals surface area contributed by atoms with Crippen LogP contribution < -0.4 is 0 Å². The molecule has 0 N–H and O–H groups in total. The topological polar surface area (TPSA) is 65.6 Å². The summed E-state index contributed by atoms with van der Waals surface area (Å²) < 4.78 is 5.06. The Kier molecular flexibility index (Phi) is 8.95. The Morgan fingerprint density at radius 2 is 1.25 bits per heavy atom. The SMILES string of the molecule is CCCc1c(Br)cc(C=O)n1Cc1ccc(-c2ccccc2-c2nnnn2C(c2ccccc2)(c2ccccc2)c2ccccc2)cc1. The molecule has 0 bridgehead atoms. The summed E-state index contributed by atoms with van der Waals surface area (Å²) in [5.74, 6) is 0.656. The molecular weight excluding hydrogens is 658 g/mol. The predicted molar refractivity (Wildman–Crippen MR) is 194 cm³/mol. The van der Waals surface area contributed by atoms with Crippen molar-refractivity contribution in [3.05, 3.63) is 184 Å². The molecule has 0 atom stereocenters. The number of halogens is 1. The fourth-order valence-corrected chi connectivity index (χ4v) is 7.39. The van der Waals surface area contributed by atoms with E-state index in [1.807, 2.05) is 41.1 Å². The number of aromatic nitrogens is 5. The Bertz CT molecular complexity index is 2040. The first-order valence-electron chi connectivity index (χ1n) is 16.1. The van der Waals surface area contributed by atoms with Crippen molar-refractivity contribution in [2.45, 2.75) is 31.8 Å². The summed E-state index contributed by atoms with van der Waals surface area (Å²) >= 11 is 3.66. The van der Waals surface area contributed by atoms with Gasteiger partial charge in [0, 0.05) is 22.3 Å². The maximum atomic E-state index is 11.9. The molecule has 2 heterocycles. The quantitative estimate of drug-likeness (QED) is 0.100. The van der Waals surface area contributed by atoms with Crippen LogP contribution in [0.4, 0.5) is 0 Å². The summed E-state index contributed by atoms with van der Waals surface area (Å²) in [6.07, 6.45) is 2.82. The third kappa shape index (κ3) is 5.60. The molecule has 2 aromatic heterocycles. The van der Waals surface area contributed by atoms with Gasteiger partial charge in [0.15, 0.2) is 12.1 Å². The van der Waals surface area contributed by atoms with Gasteiger partial charge < -0.3 is 4.57 Å². The number of carbonyl (C=O) groups excluding carboxylic acids is 1. The lowest BCUT2D eigenvalue weighted by atomic mass is 9.77. The molecule has 0 spiro atoms. The first-order valence-corrected chi connectivity index (χ1v) is 16.9. The number of benzene rings is 5. The summed E-state index contributed by atoms with van der Waals surface area (Å²) in [4.78, 5) is 11.9. The first kappa shape index (κ1) is 31.2. The molecule has 0 aliphatic heterocycles. The van der Waals surface area contributed by atoms with Crippen LogP contribution in [0.1, 0.15) is 51.8 Å². The van der Waals surface area contributed by atoms with Gasteiger partial charge in [-0.05, 0) is 72.2 Å². The van der Waals surface area contributed by atoms with Gasteiger partial charge >= 0.3 is 0 Å². The summed E-state index contributed by atoms with van der Waals surface area (Å²) in [6, 6.07) is 50.0. The Balaban J connectivity index is 1.35. The minimum atomic E-state index is -0.850. The summed E-state index contributed by atoms with van der Waals surface area (Å²) in [6.45, 7) is 2.76. The lowest BCUT2D eigenvalue weighted by Crippen LogP contribution is -2.39. The fraction of sp³-hybridized carbons (Fsp3) is 0.122. The van der Waals surface area contributed by atoms with Gasteiger partial charge in [-0.15, -0.1) is 5.10 Å². The second-order valence-corrected chi connectivity index (χ2v) is 12.6. The van der Waals surface area contributed by atoms with Gasteiger partial charge in [0.1, 0.15) is 5.54 Å². The molecule has 236 valence electrons. The molecule has 0 aliphatic rings. The van der Waals surface area contributed by atoms with E-state index in [0.717, 1.165) is 68.2 Å². The molecular formula is C41H34BrN5O. The number of rotatable bonds is 11. The van der Waals surface area contributed by atoms with E-state index in [-0.39, 0.29) is 0 Å². The molecule has 48 heavy (non-hydrogen) atoms. The van der Waals surface area contributed by atoms with Gasteiger partial charge in [0.05, 0.1) is 5.69 Å². The molecule has 0 fully saturated rings. The zero-order chi connectivity index (χ0) is 32.9. The van der Waals surface area contributed by atoms with Crippen molar-refractivity contribution in [2.75, 3.05) is 0 Å². The first-order chi connectivity index (χ1) is 23.6. The van der Waals surface area contributed by atoms with Crippen molar-refractivity contribution >= 4 is 22.2 Å². The van der Waals surface area contributed by atoms with Crippen LogP contribution in [0.2, 0.25) is 0 Å². The molecule has 7 heteroatoms. The predicted octanol–water partition coefficient (Wildman–Crippen LogP) is 9.22. The third-order valence-corrected chi connectivity index (χ3v) is 9.62. The second-order valence-electron chi connectivity index (χ2n) is 11.8. The number of tetrazole rings is 1. The maximum absolute atomic E-state index is 11.9. The van der Waals surface area contributed by atoms with E-state index in [1.54, 1.807) is 0 Å². The molecule has 0 aliphatic carbocycles. The largest absolute Gasteiger partial charge is 0.337 e. The van der Waals surface area contributed by atoms with E-state index in [4.69, 9.17) is 10.3 Å². The summed E-state index contributed by atoms with van der Waals surface area (Å²) in [5, 5.41) is 13.8. The lowest BCUT2D eigenvalue weighted by Gasteiger charge is -2.36. The second kappa shape index (κ2) is 13.8. The molecule has 6 nitrogen and oxygen atoms in total. The Labute approximate surface area is 288 Å². The van der Waals surface area contributed by atoms with Crippen LogP contribution in [0.25, 0.3) is 22.5 Å². The molecule has 0 saturated carbocycles. The molecule has 0 saturated heterocycles.